The van der Waals surface area contributed by atoms with Crippen molar-refractivity contribution in [3.05, 3.63) is 53.3 Å². The molecule has 1 heterocycles. The summed E-state index contributed by atoms with van der Waals surface area (Å²) in [6.07, 6.45) is 0.855. The molecule has 140 valence electrons. The molecule has 2 aromatic rings. The van der Waals surface area contributed by atoms with E-state index in [1.807, 2.05) is 43.3 Å². The van der Waals surface area contributed by atoms with Crippen molar-refractivity contribution in [3.8, 4) is 11.5 Å². The summed E-state index contributed by atoms with van der Waals surface area (Å²) in [5.74, 6) is 2.28. The summed E-state index contributed by atoms with van der Waals surface area (Å²) in [6, 6.07) is 12.0. The van der Waals surface area contributed by atoms with E-state index < -0.39 is 0 Å². The highest BCUT2D eigenvalue weighted by molar-refractivity contribution is 5.79. The van der Waals surface area contributed by atoms with Crippen LogP contribution in [0.25, 0.3) is 0 Å². The Kier molecular flexibility index (Phi) is 7.74. The molecule has 0 atom stereocenters. The Hall–Kier alpha value is -2.76. The van der Waals surface area contributed by atoms with E-state index in [0.29, 0.717) is 6.54 Å². The third-order valence-corrected chi connectivity index (χ3v) is 3.84. The highest BCUT2D eigenvalue weighted by Crippen LogP contribution is 2.27. The van der Waals surface area contributed by atoms with E-state index in [4.69, 9.17) is 9.47 Å². The lowest BCUT2D eigenvalue weighted by Gasteiger charge is -2.12. The van der Waals surface area contributed by atoms with Crippen molar-refractivity contribution in [2.24, 2.45) is 4.99 Å². The number of nitrogens with one attached hydrogen (secondary N) is 2. The van der Waals surface area contributed by atoms with Crippen molar-refractivity contribution in [1.82, 2.24) is 15.6 Å². The summed E-state index contributed by atoms with van der Waals surface area (Å²) in [4.78, 5) is 9.08. The molecule has 0 saturated carbocycles. The average Bonchev–Trinajstić information content (AvgIpc) is 2.66. The number of pyridine rings is 1. The lowest BCUT2D eigenvalue weighted by molar-refractivity contribution is 0.354. The maximum absolute atomic E-state index is 5.35. The molecule has 0 saturated heterocycles. The number of aromatic nitrogens is 1. The fourth-order valence-corrected chi connectivity index (χ4v) is 2.55. The molecule has 2 rings (SSSR count). The van der Waals surface area contributed by atoms with Crippen LogP contribution in [0, 0.1) is 6.92 Å². The number of aryl methyl sites for hydroxylation is 1. The fourth-order valence-electron chi connectivity index (χ4n) is 2.55. The van der Waals surface area contributed by atoms with Crippen LogP contribution in [0.1, 0.15) is 23.9 Å². The Labute approximate surface area is 155 Å². The van der Waals surface area contributed by atoms with E-state index in [0.717, 1.165) is 48.4 Å². The number of rotatable bonds is 8. The van der Waals surface area contributed by atoms with Crippen LogP contribution in [0.15, 0.2) is 41.4 Å². The lowest BCUT2D eigenvalue weighted by Crippen LogP contribution is -2.38. The highest BCUT2D eigenvalue weighted by atomic mass is 16.5. The smallest absolute Gasteiger partial charge is 0.191 e. The molecule has 0 aliphatic carbocycles. The van der Waals surface area contributed by atoms with Crippen LogP contribution < -0.4 is 20.1 Å². The van der Waals surface area contributed by atoms with Crippen LogP contribution in [-0.2, 0) is 13.0 Å². The van der Waals surface area contributed by atoms with Gasteiger partial charge in [-0.2, -0.15) is 0 Å². The zero-order valence-corrected chi connectivity index (χ0v) is 16.0. The normalized spacial score (nSPS) is 11.2. The molecule has 26 heavy (non-hydrogen) atoms. The standard InChI is InChI=1S/C20H28N4O2/c1-5-21-20(23-14-17-8-6-7-15(2)24-17)22-12-11-16-9-10-18(25-3)19(13-16)26-4/h6-10,13H,5,11-12,14H2,1-4H3,(H2,21,22,23). The van der Waals surface area contributed by atoms with Gasteiger partial charge in [0.1, 0.15) is 0 Å². The van der Waals surface area contributed by atoms with E-state index in [9.17, 15) is 0 Å². The molecule has 1 aromatic carbocycles. The van der Waals surface area contributed by atoms with Gasteiger partial charge in [0, 0.05) is 18.8 Å². The van der Waals surface area contributed by atoms with Gasteiger partial charge in [-0.15, -0.1) is 0 Å². The first-order chi connectivity index (χ1) is 12.7. The van der Waals surface area contributed by atoms with Gasteiger partial charge in [-0.1, -0.05) is 12.1 Å². The Bertz CT molecular complexity index is 732. The summed E-state index contributed by atoms with van der Waals surface area (Å²) in [5, 5.41) is 6.62. The molecular formula is C20H28N4O2. The summed E-state index contributed by atoms with van der Waals surface area (Å²) in [7, 11) is 3.29. The second-order valence-corrected chi connectivity index (χ2v) is 5.83. The van der Waals surface area contributed by atoms with Gasteiger partial charge in [0.15, 0.2) is 17.5 Å². The van der Waals surface area contributed by atoms with Gasteiger partial charge >= 0.3 is 0 Å². The van der Waals surface area contributed by atoms with Crippen LogP contribution in [-0.4, -0.2) is 38.3 Å². The molecule has 0 bridgehead atoms. The lowest BCUT2D eigenvalue weighted by atomic mass is 10.1. The van der Waals surface area contributed by atoms with E-state index in [1.165, 1.54) is 5.56 Å². The monoisotopic (exact) mass is 356 g/mol. The number of aliphatic imine (C=N–C) groups is 1. The zero-order chi connectivity index (χ0) is 18.8. The third kappa shape index (κ3) is 5.95. The quantitative estimate of drug-likeness (QED) is 0.562. The number of methoxy groups -OCH3 is 2. The van der Waals surface area contributed by atoms with E-state index >= 15 is 0 Å². The van der Waals surface area contributed by atoms with Crippen molar-refractivity contribution in [1.29, 1.82) is 0 Å². The molecular weight excluding hydrogens is 328 g/mol. The number of nitrogens with zero attached hydrogens (tertiary/aromatic N) is 2. The van der Waals surface area contributed by atoms with Gasteiger partial charge in [-0.25, -0.2) is 4.99 Å². The summed E-state index contributed by atoms with van der Waals surface area (Å²) < 4.78 is 10.6. The minimum atomic E-state index is 0.549. The zero-order valence-electron chi connectivity index (χ0n) is 16.0. The molecule has 6 heteroatoms. The summed E-state index contributed by atoms with van der Waals surface area (Å²) >= 11 is 0. The second-order valence-electron chi connectivity index (χ2n) is 5.83. The Morgan fingerprint density at radius 2 is 1.88 bits per heavy atom. The summed E-state index contributed by atoms with van der Waals surface area (Å²) in [5.41, 5.74) is 3.14. The average molecular weight is 356 g/mol. The second kappa shape index (κ2) is 10.3. The van der Waals surface area contributed by atoms with E-state index in [-0.39, 0.29) is 0 Å². The maximum Gasteiger partial charge on any atom is 0.191 e. The van der Waals surface area contributed by atoms with E-state index in [1.54, 1.807) is 14.2 Å². The molecule has 0 aliphatic heterocycles. The third-order valence-electron chi connectivity index (χ3n) is 3.84. The molecule has 0 radical (unpaired) electrons. The first kappa shape index (κ1) is 19.6. The van der Waals surface area contributed by atoms with Crippen LogP contribution in [0.2, 0.25) is 0 Å². The molecule has 0 amide bonds. The molecule has 0 fully saturated rings. The first-order valence-corrected chi connectivity index (χ1v) is 8.82. The predicted octanol–water partition coefficient (Wildman–Crippen LogP) is 2.71. The van der Waals surface area contributed by atoms with Gasteiger partial charge in [0.25, 0.3) is 0 Å². The van der Waals surface area contributed by atoms with Gasteiger partial charge < -0.3 is 20.1 Å². The number of benzene rings is 1. The molecule has 1 aromatic heterocycles. The topological polar surface area (TPSA) is 67.8 Å². The maximum atomic E-state index is 5.35. The predicted molar refractivity (Wildman–Crippen MR) is 105 cm³/mol. The van der Waals surface area contributed by atoms with Crippen molar-refractivity contribution in [3.63, 3.8) is 0 Å². The van der Waals surface area contributed by atoms with Gasteiger partial charge in [0.2, 0.25) is 0 Å². The highest BCUT2D eigenvalue weighted by Gasteiger charge is 2.05. The first-order valence-electron chi connectivity index (χ1n) is 8.82. The van der Waals surface area contributed by atoms with E-state index in [2.05, 4.69) is 27.5 Å². The van der Waals surface area contributed by atoms with Crippen molar-refractivity contribution >= 4 is 5.96 Å². The van der Waals surface area contributed by atoms with Crippen molar-refractivity contribution in [2.45, 2.75) is 26.8 Å². The largest absolute Gasteiger partial charge is 0.493 e. The Balaban J connectivity index is 1.92. The SMILES string of the molecule is CCNC(=NCc1cccc(C)n1)NCCc1ccc(OC)c(OC)c1. The minimum absolute atomic E-state index is 0.549. The van der Waals surface area contributed by atoms with Crippen LogP contribution >= 0.6 is 0 Å². The van der Waals surface area contributed by atoms with Crippen LogP contribution in [0.5, 0.6) is 11.5 Å². The number of ether oxygens (including phenoxy) is 2. The molecule has 0 aliphatic rings. The van der Waals surface area contributed by atoms with Crippen LogP contribution in [0.4, 0.5) is 0 Å². The van der Waals surface area contributed by atoms with Crippen LogP contribution in [0.3, 0.4) is 0 Å². The Morgan fingerprint density at radius 3 is 2.58 bits per heavy atom. The summed E-state index contributed by atoms with van der Waals surface area (Å²) in [6.45, 7) is 6.16. The number of hydrogen-bond acceptors (Lipinski definition) is 4. The molecule has 6 nitrogen and oxygen atoms in total. The molecule has 2 N–H and O–H groups in total. The van der Waals surface area contributed by atoms with Gasteiger partial charge in [-0.05, 0) is 50.1 Å². The molecule has 0 spiro atoms. The van der Waals surface area contributed by atoms with Crippen molar-refractivity contribution in [2.75, 3.05) is 27.3 Å². The number of guanidine groups is 1. The van der Waals surface area contributed by atoms with Gasteiger partial charge in [-0.3, -0.25) is 4.98 Å². The van der Waals surface area contributed by atoms with Gasteiger partial charge in [0.05, 0.1) is 26.5 Å². The fraction of sp³-hybridized carbons (Fsp3) is 0.400. The minimum Gasteiger partial charge on any atom is -0.493 e. The Morgan fingerprint density at radius 1 is 1.08 bits per heavy atom. The molecule has 0 unspecified atom stereocenters. The van der Waals surface area contributed by atoms with Crippen molar-refractivity contribution < 1.29 is 9.47 Å². The number of hydrogen-bond donors (Lipinski definition) is 2.